The van der Waals surface area contributed by atoms with Crippen LogP contribution in [0, 0.1) is 6.92 Å². The summed E-state index contributed by atoms with van der Waals surface area (Å²) in [6, 6.07) is 5.95. The van der Waals surface area contributed by atoms with Gasteiger partial charge in [0.15, 0.2) is 4.34 Å². The van der Waals surface area contributed by atoms with E-state index in [9.17, 15) is 18.0 Å². The molecule has 0 unspecified atom stereocenters. The molecule has 0 aliphatic carbocycles. The van der Waals surface area contributed by atoms with Crippen LogP contribution in [-0.4, -0.2) is 55.7 Å². The lowest BCUT2D eigenvalue weighted by atomic mass is 10.1. The average molecular weight is 459 g/mol. The monoisotopic (exact) mass is 458 g/mol. The smallest absolute Gasteiger partial charge is 0.316 e. The highest BCUT2D eigenvalue weighted by atomic mass is 32.2. The number of benzene rings is 1. The molecule has 2 aromatic rings. The first kappa shape index (κ1) is 23.1. The Hall–Kier alpha value is -2.18. The summed E-state index contributed by atoms with van der Waals surface area (Å²) in [5.74, 6) is -0.839. The highest BCUT2D eigenvalue weighted by Gasteiger charge is 2.32. The molecule has 9 nitrogen and oxygen atoms in total. The van der Waals surface area contributed by atoms with E-state index in [-0.39, 0.29) is 17.3 Å². The lowest BCUT2D eigenvalue weighted by molar-refractivity contribution is -0.137. The molecule has 0 fully saturated rings. The first-order valence-corrected chi connectivity index (χ1v) is 12.2. The zero-order valence-corrected chi connectivity index (χ0v) is 18.9. The highest BCUT2D eigenvalue weighted by molar-refractivity contribution is 8.01. The first-order valence-electron chi connectivity index (χ1n) is 8.55. The minimum Gasteiger partial charge on any atom is -0.468 e. The summed E-state index contributed by atoms with van der Waals surface area (Å²) in [5, 5.41) is 10.6. The summed E-state index contributed by atoms with van der Waals surface area (Å²) >= 11 is 2.23. The van der Waals surface area contributed by atoms with Gasteiger partial charge in [-0.25, -0.2) is 8.42 Å². The third-order valence-corrected chi connectivity index (χ3v) is 6.92. The predicted molar refractivity (Wildman–Crippen MR) is 114 cm³/mol. The number of amides is 1. The molecule has 0 spiro atoms. The van der Waals surface area contributed by atoms with E-state index < -0.39 is 27.9 Å². The zero-order valence-electron chi connectivity index (χ0n) is 16.4. The minimum absolute atomic E-state index is 0.0753. The van der Waals surface area contributed by atoms with Gasteiger partial charge in [0, 0.05) is 0 Å². The second kappa shape index (κ2) is 10.0. The topological polar surface area (TPSA) is 119 Å². The summed E-state index contributed by atoms with van der Waals surface area (Å²) < 4.78 is 31.0. The van der Waals surface area contributed by atoms with Crippen LogP contribution in [0.1, 0.15) is 18.9 Å². The summed E-state index contributed by atoms with van der Waals surface area (Å²) in [6.07, 6.45) is 1.32. The molecule has 0 saturated heterocycles. The lowest BCUT2D eigenvalue weighted by Gasteiger charge is -2.29. The number of hydrogen-bond donors (Lipinski definition) is 1. The average Bonchev–Trinajstić information content (AvgIpc) is 3.11. The van der Waals surface area contributed by atoms with Crippen molar-refractivity contribution in [3.63, 3.8) is 0 Å². The van der Waals surface area contributed by atoms with Crippen LogP contribution in [0.5, 0.6) is 0 Å². The molecule has 0 saturated carbocycles. The van der Waals surface area contributed by atoms with Crippen molar-refractivity contribution in [2.45, 2.75) is 30.6 Å². The Morgan fingerprint density at radius 2 is 1.93 bits per heavy atom. The Kier molecular flexibility index (Phi) is 7.99. The number of rotatable bonds is 9. The summed E-state index contributed by atoms with van der Waals surface area (Å²) in [4.78, 5) is 24.0. The second-order valence-corrected chi connectivity index (χ2v) is 10.1. The van der Waals surface area contributed by atoms with Gasteiger partial charge in [-0.3, -0.25) is 19.2 Å². The van der Waals surface area contributed by atoms with Crippen LogP contribution in [0.25, 0.3) is 0 Å². The number of hydrogen-bond acceptors (Lipinski definition) is 9. The largest absolute Gasteiger partial charge is 0.468 e. The van der Waals surface area contributed by atoms with Crippen molar-refractivity contribution in [1.29, 1.82) is 0 Å². The lowest BCUT2D eigenvalue weighted by Crippen LogP contribution is -2.47. The highest BCUT2D eigenvalue weighted by Crippen LogP contribution is 2.27. The quantitative estimate of drug-likeness (QED) is 0.345. The van der Waals surface area contributed by atoms with Crippen LogP contribution < -0.4 is 9.62 Å². The van der Waals surface area contributed by atoms with Crippen molar-refractivity contribution in [3.05, 3.63) is 29.8 Å². The van der Waals surface area contributed by atoms with E-state index in [1.807, 2.05) is 6.92 Å². The minimum atomic E-state index is -3.71. The summed E-state index contributed by atoms with van der Waals surface area (Å²) in [6.45, 7) is 3.62. The number of anilines is 2. The van der Waals surface area contributed by atoms with Gasteiger partial charge in [-0.1, -0.05) is 47.7 Å². The summed E-state index contributed by atoms with van der Waals surface area (Å²) in [7, 11) is -2.42. The number of nitrogens with one attached hydrogen (secondary N) is 1. The molecule has 0 bridgehead atoms. The molecule has 2 rings (SSSR count). The van der Waals surface area contributed by atoms with Gasteiger partial charge in [-0.05, 0) is 25.5 Å². The molecule has 1 atom stereocenters. The SMILES string of the molecule is CC[C@@H](C(=O)Nc1nnc(SCC(=O)OC)s1)N(c1ccc(C)cc1)S(C)(=O)=O. The Bertz CT molecular complexity index is 960. The van der Waals surface area contributed by atoms with Crippen LogP contribution in [0.15, 0.2) is 28.6 Å². The van der Waals surface area contributed by atoms with Crippen LogP contribution in [-0.2, 0) is 24.3 Å². The Balaban J connectivity index is 2.18. The Labute approximate surface area is 177 Å². The van der Waals surface area contributed by atoms with Crippen LogP contribution in [0.4, 0.5) is 10.8 Å². The molecule has 158 valence electrons. The maximum atomic E-state index is 12.8. The van der Waals surface area contributed by atoms with Crippen LogP contribution >= 0.6 is 23.1 Å². The number of sulfonamides is 1. The van der Waals surface area contributed by atoms with Crippen molar-refractivity contribution in [2.75, 3.05) is 28.7 Å². The number of esters is 1. The number of thioether (sulfide) groups is 1. The number of aryl methyl sites for hydroxylation is 1. The zero-order chi connectivity index (χ0) is 21.6. The molecule has 0 aliphatic rings. The molecule has 1 aromatic heterocycles. The van der Waals surface area contributed by atoms with E-state index >= 15 is 0 Å². The molecule has 29 heavy (non-hydrogen) atoms. The Morgan fingerprint density at radius 3 is 2.48 bits per heavy atom. The van der Waals surface area contributed by atoms with Gasteiger partial charge in [-0.15, -0.1) is 10.2 Å². The van der Waals surface area contributed by atoms with E-state index in [0.29, 0.717) is 10.0 Å². The van der Waals surface area contributed by atoms with Gasteiger partial charge in [0.1, 0.15) is 6.04 Å². The molecular weight excluding hydrogens is 436 g/mol. The van der Waals surface area contributed by atoms with Crippen molar-refractivity contribution >= 4 is 55.8 Å². The fraction of sp³-hybridized carbons (Fsp3) is 0.412. The molecular formula is C17H22N4O5S3. The first-order chi connectivity index (χ1) is 13.7. The number of carbonyl (C=O) groups is 2. The van der Waals surface area contributed by atoms with E-state index in [2.05, 4.69) is 20.3 Å². The van der Waals surface area contributed by atoms with Gasteiger partial charge >= 0.3 is 5.97 Å². The van der Waals surface area contributed by atoms with Crippen molar-refractivity contribution in [3.8, 4) is 0 Å². The standard InChI is InChI=1S/C17H22N4O5S3/c1-5-13(21(29(4,24)25)12-8-6-11(2)7-9-12)15(23)18-16-19-20-17(28-16)27-10-14(22)26-3/h6-9,13H,5,10H2,1-4H3,(H,18,19,23)/t13-/m0/s1. The number of aromatic nitrogens is 2. The molecule has 1 aromatic carbocycles. The maximum absolute atomic E-state index is 12.8. The third kappa shape index (κ3) is 6.41. The van der Waals surface area contributed by atoms with Crippen molar-refractivity contribution in [2.24, 2.45) is 0 Å². The molecule has 1 amide bonds. The van der Waals surface area contributed by atoms with Gasteiger partial charge in [0.25, 0.3) is 0 Å². The summed E-state index contributed by atoms with van der Waals surface area (Å²) in [5.41, 5.74) is 1.39. The molecule has 12 heteroatoms. The fourth-order valence-corrected chi connectivity index (χ4v) is 5.24. The van der Waals surface area contributed by atoms with Gasteiger partial charge < -0.3 is 4.74 Å². The second-order valence-electron chi connectivity index (χ2n) is 6.05. The Morgan fingerprint density at radius 1 is 1.28 bits per heavy atom. The van der Waals surface area contributed by atoms with Gasteiger partial charge in [0.05, 0.1) is 24.8 Å². The predicted octanol–water partition coefficient (Wildman–Crippen LogP) is 2.29. The van der Waals surface area contributed by atoms with Crippen molar-refractivity contribution in [1.82, 2.24) is 10.2 Å². The van der Waals surface area contributed by atoms with E-state index in [1.54, 1.807) is 31.2 Å². The number of methoxy groups -OCH3 is 1. The maximum Gasteiger partial charge on any atom is 0.316 e. The molecule has 1 heterocycles. The van der Waals surface area contributed by atoms with Gasteiger partial charge in [-0.2, -0.15) is 0 Å². The van der Waals surface area contributed by atoms with E-state index in [1.165, 1.54) is 7.11 Å². The normalized spacial score (nSPS) is 12.3. The van der Waals surface area contributed by atoms with E-state index in [0.717, 1.165) is 39.2 Å². The third-order valence-electron chi connectivity index (χ3n) is 3.80. The molecule has 0 aliphatic heterocycles. The fourth-order valence-electron chi connectivity index (χ4n) is 2.44. The number of nitrogens with zero attached hydrogens (tertiary/aromatic N) is 3. The van der Waals surface area contributed by atoms with Gasteiger partial charge in [0.2, 0.25) is 21.1 Å². The van der Waals surface area contributed by atoms with E-state index in [4.69, 9.17) is 0 Å². The molecule has 0 radical (unpaired) electrons. The number of carbonyl (C=O) groups excluding carboxylic acids is 2. The number of ether oxygens (including phenoxy) is 1. The van der Waals surface area contributed by atoms with Crippen LogP contribution in [0.2, 0.25) is 0 Å². The van der Waals surface area contributed by atoms with Crippen LogP contribution in [0.3, 0.4) is 0 Å². The van der Waals surface area contributed by atoms with Crippen molar-refractivity contribution < 1.29 is 22.7 Å². The molecule has 1 N–H and O–H groups in total.